The quantitative estimate of drug-likeness (QED) is 0.761. The molecule has 0 aliphatic carbocycles. The molecule has 1 atom stereocenters. The Labute approximate surface area is 115 Å². The van der Waals surface area contributed by atoms with Crippen LogP contribution in [0.1, 0.15) is 32.8 Å². The van der Waals surface area contributed by atoms with Gasteiger partial charge in [-0.25, -0.2) is 0 Å². The molecule has 1 aromatic carbocycles. The molecule has 0 spiro atoms. The summed E-state index contributed by atoms with van der Waals surface area (Å²) in [5, 5.41) is 12.5. The van der Waals surface area contributed by atoms with Crippen LogP contribution in [0.5, 0.6) is 5.75 Å². The molecule has 1 unspecified atom stereocenters. The van der Waals surface area contributed by atoms with Crippen molar-refractivity contribution in [2.24, 2.45) is 17.1 Å². The maximum Gasteiger partial charge on any atom is 0.224 e. The second-order valence-electron chi connectivity index (χ2n) is 6.04. The van der Waals surface area contributed by atoms with Gasteiger partial charge in [-0.15, -0.1) is 0 Å². The number of nitrogens with one attached hydrogen (secondary N) is 1. The van der Waals surface area contributed by atoms with Crippen LogP contribution in [0.3, 0.4) is 0 Å². The Morgan fingerprint density at radius 2 is 2.00 bits per heavy atom. The van der Waals surface area contributed by atoms with Crippen LogP contribution >= 0.6 is 0 Å². The number of aromatic hydroxyl groups is 1. The molecular formula is C15H24N2O2. The van der Waals surface area contributed by atoms with E-state index in [0.29, 0.717) is 18.7 Å². The lowest BCUT2D eigenvalue weighted by molar-refractivity contribution is -0.125. The summed E-state index contributed by atoms with van der Waals surface area (Å²) in [6.07, 6.45) is 0.746. The average Bonchev–Trinajstić information content (AvgIpc) is 2.33. The van der Waals surface area contributed by atoms with Gasteiger partial charge in [0.2, 0.25) is 5.91 Å². The van der Waals surface area contributed by atoms with Gasteiger partial charge >= 0.3 is 0 Å². The summed E-state index contributed by atoms with van der Waals surface area (Å²) in [5.74, 6) is -0.0468. The van der Waals surface area contributed by atoms with Gasteiger partial charge in [-0.05, 0) is 17.9 Å². The monoisotopic (exact) mass is 264 g/mol. The molecule has 0 aliphatic rings. The molecule has 0 saturated carbocycles. The molecule has 0 aromatic heterocycles. The number of phenols is 1. The molecule has 0 bridgehead atoms. The molecule has 106 valence electrons. The van der Waals surface area contributed by atoms with Crippen molar-refractivity contribution in [1.29, 1.82) is 0 Å². The SMILES string of the molecule is CC(C)(C)CC(CN)C(=O)NCc1ccccc1O. The first-order chi connectivity index (χ1) is 8.83. The number of hydrogen-bond acceptors (Lipinski definition) is 3. The van der Waals surface area contributed by atoms with Crippen LogP contribution in [0.25, 0.3) is 0 Å². The van der Waals surface area contributed by atoms with Gasteiger partial charge in [-0.3, -0.25) is 4.79 Å². The molecule has 0 aliphatic heterocycles. The molecule has 4 nitrogen and oxygen atoms in total. The van der Waals surface area contributed by atoms with E-state index in [-0.39, 0.29) is 23.0 Å². The highest BCUT2D eigenvalue weighted by Crippen LogP contribution is 2.24. The smallest absolute Gasteiger partial charge is 0.224 e. The van der Waals surface area contributed by atoms with Crippen LogP contribution in [0.2, 0.25) is 0 Å². The molecule has 19 heavy (non-hydrogen) atoms. The summed E-state index contributed by atoms with van der Waals surface area (Å²) >= 11 is 0. The van der Waals surface area contributed by atoms with Gasteiger partial charge in [-0.1, -0.05) is 39.0 Å². The lowest BCUT2D eigenvalue weighted by Gasteiger charge is -2.24. The van der Waals surface area contributed by atoms with Gasteiger partial charge < -0.3 is 16.2 Å². The third kappa shape index (κ3) is 5.30. The predicted molar refractivity (Wildman–Crippen MR) is 76.6 cm³/mol. The Kier molecular flexibility index (Phi) is 5.36. The third-order valence-electron chi connectivity index (χ3n) is 2.96. The maximum absolute atomic E-state index is 12.1. The van der Waals surface area contributed by atoms with Crippen molar-refractivity contribution in [2.45, 2.75) is 33.7 Å². The van der Waals surface area contributed by atoms with E-state index in [1.165, 1.54) is 0 Å². The van der Waals surface area contributed by atoms with Crippen molar-refractivity contribution in [3.63, 3.8) is 0 Å². The zero-order chi connectivity index (χ0) is 14.5. The van der Waals surface area contributed by atoms with Crippen LogP contribution in [0.15, 0.2) is 24.3 Å². The van der Waals surface area contributed by atoms with Crippen molar-refractivity contribution < 1.29 is 9.90 Å². The summed E-state index contributed by atoms with van der Waals surface area (Å²) in [6.45, 7) is 6.93. The summed E-state index contributed by atoms with van der Waals surface area (Å²) in [5.41, 5.74) is 6.45. The largest absolute Gasteiger partial charge is 0.508 e. The molecule has 4 heteroatoms. The topological polar surface area (TPSA) is 75.4 Å². The molecule has 0 fully saturated rings. The van der Waals surface area contributed by atoms with E-state index in [1.54, 1.807) is 18.2 Å². The van der Waals surface area contributed by atoms with Crippen LogP contribution in [-0.4, -0.2) is 17.6 Å². The Balaban J connectivity index is 2.57. The van der Waals surface area contributed by atoms with Crippen LogP contribution in [-0.2, 0) is 11.3 Å². The molecule has 4 N–H and O–H groups in total. The molecule has 1 amide bonds. The Hall–Kier alpha value is -1.55. The van der Waals surface area contributed by atoms with E-state index in [9.17, 15) is 9.90 Å². The van der Waals surface area contributed by atoms with E-state index < -0.39 is 0 Å². The standard InChI is InChI=1S/C15H24N2O2/c1-15(2,3)8-12(9-16)14(19)17-10-11-6-4-5-7-13(11)18/h4-7,12,18H,8-10,16H2,1-3H3,(H,17,19). The molecule has 1 aromatic rings. The van der Waals surface area contributed by atoms with Crippen LogP contribution in [0.4, 0.5) is 0 Å². The molecule has 1 rings (SSSR count). The Bertz CT molecular complexity index is 424. The minimum absolute atomic E-state index is 0.0549. The molecule has 0 heterocycles. The fourth-order valence-corrected chi connectivity index (χ4v) is 2.01. The Morgan fingerprint density at radius 3 is 2.53 bits per heavy atom. The number of hydrogen-bond donors (Lipinski definition) is 3. The summed E-state index contributed by atoms with van der Waals surface area (Å²) in [4.78, 5) is 12.1. The number of rotatable bonds is 5. The first-order valence-electron chi connectivity index (χ1n) is 6.58. The van der Waals surface area contributed by atoms with Crippen molar-refractivity contribution in [1.82, 2.24) is 5.32 Å². The summed E-state index contributed by atoms with van der Waals surface area (Å²) in [6, 6.07) is 6.98. The van der Waals surface area contributed by atoms with Crippen LogP contribution in [0, 0.1) is 11.3 Å². The van der Waals surface area contributed by atoms with Crippen molar-refractivity contribution in [3.8, 4) is 5.75 Å². The number of nitrogens with two attached hydrogens (primary N) is 1. The second-order valence-corrected chi connectivity index (χ2v) is 6.04. The third-order valence-corrected chi connectivity index (χ3v) is 2.96. The minimum Gasteiger partial charge on any atom is -0.508 e. The molecule has 0 radical (unpaired) electrons. The lowest BCUT2D eigenvalue weighted by Crippen LogP contribution is -2.36. The zero-order valence-corrected chi connectivity index (χ0v) is 11.9. The fraction of sp³-hybridized carbons (Fsp3) is 0.533. The highest BCUT2D eigenvalue weighted by atomic mass is 16.3. The van der Waals surface area contributed by atoms with E-state index in [1.807, 2.05) is 6.07 Å². The Morgan fingerprint density at radius 1 is 1.37 bits per heavy atom. The molecular weight excluding hydrogens is 240 g/mol. The second kappa shape index (κ2) is 6.57. The van der Waals surface area contributed by atoms with Gasteiger partial charge in [0.1, 0.15) is 5.75 Å². The number of phenolic OH excluding ortho intramolecular Hbond substituents is 1. The van der Waals surface area contributed by atoms with Gasteiger partial charge in [0.05, 0.1) is 5.92 Å². The van der Waals surface area contributed by atoms with Crippen molar-refractivity contribution in [2.75, 3.05) is 6.54 Å². The normalized spacial score (nSPS) is 13.1. The lowest BCUT2D eigenvalue weighted by atomic mass is 9.84. The number of benzene rings is 1. The number of carbonyl (C=O) groups is 1. The van der Waals surface area contributed by atoms with E-state index in [0.717, 1.165) is 6.42 Å². The first kappa shape index (κ1) is 15.5. The minimum atomic E-state index is -0.189. The number of para-hydroxylation sites is 1. The highest BCUT2D eigenvalue weighted by Gasteiger charge is 2.23. The first-order valence-corrected chi connectivity index (χ1v) is 6.58. The van der Waals surface area contributed by atoms with E-state index in [4.69, 9.17) is 5.73 Å². The summed E-state index contributed by atoms with van der Waals surface area (Å²) < 4.78 is 0. The highest BCUT2D eigenvalue weighted by molar-refractivity contribution is 5.79. The fourth-order valence-electron chi connectivity index (χ4n) is 2.01. The molecule has 0 saturated heterocycles. The van der Waals surface area contributed by atoms with Crippen molar-refractivity contribution in [3.05, 3.63) is 29.8 Å². The van der Waals surface area contributed by atoms with E-state index >= 15 is 0 Å². The van der Waals surface area contributed by atoms with Gasteiger partial charge in [0, 0.05) is 18.7 Å². The summed E-state index contributed by atoms with van der Waals surface area (Å²) in [7, 11) is 0. The van der Waals surface area contributed by atoms with Crippen molar-refractivity contribution >= 4 is 5.91 Å². The zero-order valence-electron chi connectivity index (χ0n) is 11.9. The predicted octanol–water partition coefficient (Wildman–Crippen LogP) is 2.02. The number of amides is 1. The van der Waals surface area contributed by atoms with E-state index in [2.05, 4.69) is 26.1 Å². The number of carbonyl (C=O) groups excluding carboxylic acids is 1. The van der Waals surface area contributed by atoms with Gasteiger partial charge in [-0.2, -0.15) is 0 Å². The van der Waals surface area contributed by atoms with Gasteiger partial charge in [0.15, 0.2) is 0 Å². The maximum atomic E-state index is 12.1. The van der Waals surface area contributed by atoms with Crippen LogP contribution < -0.4 is 11.1 Å². The van der Waals surface area contributed by atoms with Gasteiger partial charge in [0.25, 0.3) is 0 Å². The average molecular weight is 264 g/mol.